The average Bonchev–Trinajstić information content (AvgIpc) is 2.67. The van der Waals surface area contributed by atoms with Gasteiger partial charge in [-0.15, -0.1) is 0 Å². The molecule has 0 aromatic heterocycles. The van der Waals surface area contributed by atoms with Gasteiger partial charge in [-0.1, -0.05) is 6.07 Å². The first-order chi connectivity index (χ1) is 12.8. The Morgan fingerprint density at radius 1 is 0.963 bits per heavy atom. The van der Waals surface area contributed by atoms with Gasteiger partial charge in [0.2, 0.25) is 0 Å². The maximum atomic E-state index is 12.8. The Bertz CT molecular complexity index is 838. The predicted molar refractivity (Wildman–Crippen MR) is 92.5 cm³/mol. The molecule has 142 valence electrons. The molecule has 2 aromatic carbocycles. The zero-order valence-electron chi connectivity index (χ0n) is 14.4. The van der Waals surface area contributed by atoms with E-state index in [0.29, 0.717) is 31.5 Å². The molecular formula is C20H18F3NO3. The quantitative estimate of drug-likeness (QED) is 0.818. The van der Waals surface area contributed by atoms with Crippen LogP contribution in [0, 0.1) is 5.92 Å². The van der Waals surface area contributed by atoms with Gasteiger partial charge in [0.15, 0.2) is 5.78 Å². The van der Waals surface area contributed by atoms with Crippen LogP contribution in [0.1, 0.15) is 39.1 Å². The van der Waals surface area contributed by atoms with Gasteiger partial charge in [0, 0.05) is 30.1 Å². The number of aromatic hydroxyl groups is 1. The highest BCUT2D eigenvalue weighted by Gasteiger charge is 2.32. The SMILES string of the molecule is O=C(c1ccc(O)cc1)C1CCN(C(=O)c2cccc(C(F)(F)F)c2)CC1. The van der Waals surface area contributed by atoms with Crippen LogP contribution in [-0.2, 0) is 6.18 Å². The molecule has 4 nitrogen and oxygen atoms in total. The second-order valence-corrected chi connectivity index (χ2v) is 6.56. The van der Waals surface area contributed by atoms with Crippen molar-refractivity contribution in [3.05, 3.63) is 65.2 Å². The fraction of sp³-hybridized carbons (Fsp3) is 0.300. The second-order valence-electron chi connectivity index (χ2n) is 6.56. The van der Waals surface area contributed by atoms with Crippen molar-refractivity contribution in [1.82, 2.24) is 4.90 Å². The molecule has 0 saturated carbocycles. The Kier molecular flexibility index (Phi) is 5.21. The molecule has 1 fully saturated rings. The number of carbonyl (C=O) groups is 2. The number of halogens is 3. The summed E-state index contributed by atoms with van der Waals surface area (Å²) in [5, 5.41) is 9.30. The molecule has 1 aliphatic heterocycles. The number of phenolic OH excluding ortho intramolecular Hbond substituents is 1. The van der Waals surface area contributed by atoms with Crippen LogP contribution in [0.5, 0.6) is 5.75 Å². The minimum atomic E-state index is -4.50. The number of likely N-dealkylation sites (tertiary alicyclic amines) is 1. The van der Waals surface area contributed by atoms with Crippen molar-refractivity contribution in [3.63, 3.8) is 0 Å². The summed E-state index contributed by atoms with van der Waals surface area (Å²) in [5.41, 5.74) is -0.366. The highest BCUT2D eigenvalue weighted by molar-refractivity contribution is 5.98. The molecule has 0 spiro atoms. The van der Waals surface area contributed by atoms with Crippen molar-refractivity contribution in [2.45, 2.75) is 19.0 Å². The van der Waals surface area contributed by atoms with Crippen LogP contribution in [0.25, 0.3) is 0 Å². The molecular weight excluding hydrogens is 359 g/mol. The van der Waals surface area contributed by atoms with Gasteiger partial charge in [0.05, 0.1) is 5.56 Å². The molecule has 0 unspecified atom stereocenters. The first kappa shape index (κ1) is 18.9. The molecule has 2 aromatic rings. The molecule has 3 rings (SSSR count). The van der Waals surface area contributed by atoms with Crippen LogP contribution in [-0.4, -0.2) is 34.8 Å². The summed E-state index contributed by atoms with van der Waals surface area (Å²) in [5.74, 6) is -0.689. The number of ketones is 1. The van der Waals surface area contributed by atoms with Crippen LogP contribution in [0.4, 0.5) is 13.2 Å². The van der Waals surface area contributed by atoms with Crippen LogP contribution < -0.4 is 0 Å². The first-order valence-electron chi connectivity index (χ1n) is 8.55. The predicted octanol–water partition coefficient (Wildman–Crippen LogP) is 4.15. The molecule has 0 radical (unpaired) electrons. The number of phenols is 1. The summed E-state index contributed by atoms with van der Waals surface area (Å²) in [6.45, 7) is 0.618. The smallest absolute Gasteiger partial charge is 0.416 e. The van der Waals surface area contributed by atoms with Crippen molar-refractivity contribution in [2.75, 3.05) is 13.1 Å². The summed E-state index contributed by atoms with van der Waals surface area (Å²) in [6.07, 6.45) is -3.60. The summed E-state index contributed by atoms with van der Waals surface area (Å²) >= 11 is 0. The number of carbonyl (C=O) groups excluding carboxylic acids is 2. The van der Waals surface area contributed by atoms with Crippen molar-refractivity contribution >= 4 is 11.7 Å². The maximum Gasteiger partial charge on any atom is 0.416 e. The van der Waals surface area contributed by atoms with Crippen molar-refractivity contribution in [2.24, 2.45) is 5.92 Å². The Balaban J connectivity index is 1.64. The molecule has 27 heavy (non-hydrogen) atoms. The summed E-state index contributed by atoms with van der Waals surface area (Å²) in [4.78, 5) is 26.5. The van der Waals surface area contributed by atoms with Gasteiger partial charge in [0.1, 0.15) is 5.75 Å². The molecule has 0 bridgehead atoms. The maximum absolute atomic E-state index is 12.8. The Labute approximate surface area is 154 Å². The van der Waals surface area contributed by atoms with Crippen LogP contribution >= 0.6 is 0 Å². The van der Waals surface area contributed by atoms with Gasteiger partial charge >= 0.3 is 6.18 Å². The van der Waals surface area contributed by atoms with E-state index in [9.17, 15) is 27.9 Å². The van der Waals surface area contributed by atoms with E-state index < -0.39 is 17.6 Å². The van der Waals surface area contributed by atoms with E-state index in [0.717, 1.165) is 12.1 Å². The van der Waals surface area contributed by atoms with Crippen molar-refractivity contribution in [3.8, 4) is 5.75 Å². The summed E-state index contributed by atoms with van der Waals surface area (Å²) < 4.78 is 38.5. The summed E-state index contributed by atoms with van der Waals surface area (Å²) in [6, 6.07) is 10.4. The van der Waals surface area contributed by atoms with Gasteiger partial charge < -0.3 is 10.0 Å². The minimum Gasteiger partial charge on any atom is -0.508 e. The van der Waals surface area contributed by atoms with E-state index >= 15 is 0 Å². The molecule has 7 heteroatoms. The van der Waals surface area contributed by atoms with E-state index in [1.54, 1.807) is 12.1 Å². The highest BCUT2D eigenvalue weighted by Crippen LogP contribution is 2.30. The molecule has 1 aliphatic rings. The first-order valence-corrected chi connectivity index (χ1v) is 8.55. The minimum absolute atomic E-state index is 0.00636. The van der Waals surface area contributed by atoms with Crippen LogP contribution in [0.15, 0.2) is 48.5 Å². The van der Waals surface area contributed by atoms with Crippen LogP contribution in [0.2, 0.25) is 0 Å². The lowest BCUT2D eigenvalue weighted by Crippen LogP contribution is -2.40. The summed E-state index contributed by atoms with van der Waals surface area (Å²) in [7, 11) is 0. The fourth-order valence-electron chi connectivity index (χ4n) is 3.22. The normalized spacial score (nSPS) is 15.6. The zero-order chi connectivity index (χ0) is 19.6. The van der Waals surface area contributed by atoms with Gasteiger partial charge in [-0.25, -0.2) is 0 Å². The van der Waals surface area contributed by atoms with E-state index in [1.165, 1.54) is 29.2 Å². The lowest BCUT2D eigenvalue weighted by molar-refractivity contribution is -0.137. The van der Waals surface area contributed by atoms with Crippen LogP contribution in [0.3, 0.4) is 0 Å². The topological polar surface area (TPSA) is 57.6 Å². The second kappa shape index (κ2) is 7.42. The van der Waals surface area contributed by atoms with Gasteiger partial charge in [-0.3, -0.25) is 9.59 Å². The fourth-order valence-corrected chi connectivity index (χ4v) is 3.22. The highest BCUT2D eigenvalue weighted by atomic mass is 19.4. The largest absolute Gasteiger partial charge is 0.508 e. The lowest BCUT2D eigenvalue weighted by Gasteiger charge is -2.31. The third kappa shape index (κ3) is 4.30. The monoisotopic (exact) mass is 377 g/mol. The van der Waals surface area contributed by atoms with Gasteiger partial charge in [-0.05, 0) is 55.3 Å². The Morgan fingerprint density at radius 2 is 1.59 bits per heavy atom. The number of amides is 1. The lowest BCUT2D eigenvalue weighted by atomic mass is 9.88. The number of benzene rings is 2. The van der Waals surface area contributed by atoms with Crippen molar-refractivity contribution < 1.29 is 27.9 Å². The third-order valence-electron chi connectivity index (χ3n) is 4.74. The van der Waals surface area contributed by atoms with Crippen molar-refractivity contribution in [1.29, 1.82) is 0 Å². The zero-order valence-corrected chi connectivity index (χ0v) is 14.4. The number of nitrogens with zero attached hydrogens (tertiary/aromatic N) is 1. The van der Waals surface area contributed by atoms with E-state index in [2.05, 4.69) is 0 Å². The van der Waals surface area contributed by atoms with E-state index in [-0.39, 0.29) is 23.0 Å². The van der Waals surface area contributed by atoms with E-state index in [4.69, 9.17) is 0 Å². The number of Topliss-reactive ketones (excluding diaryl/α,β-unsaturated/α-hetero) is 1. The molecule has 0 atom stereocenters. The Morgan fingerprint density at radius 3 is 2.19 bits per heavy atom. The standard InChI is InChI=1S/C20H18F3NO3/c21-20(22,23)16-3-1-2-15(12-16)19(27)24-10-8-14(9-11-24)18(26)13-4-6-17(25)7-5-13/h1-7,12,14,25H,8-11H2. The molecule has 1 amide bonds. The molecule has 1 saturated heterocycles. The average molecular weight is 377 g/mol. The number of rotatable bonds is 3. The third-order valence-corrected chi connectivity index (χ3v) is 4.74. The number of hydrogen-bond acceptors (Lipinski definition) is 3. The number of piperidine rings is 1. The van der Waals surface area contributed by atoms with Gasteiger partial charge in [-0.2, -0.15) is 13.2 Å². The Hall–Kier alpha value is -2.83. The molecule has 1 heterocycles. The molecule has 1 N–H and O–H groups in total. The van der Waals surface area contributed by atoms with Gasteiger partial charge in [0.25, 0.3) is 5.91 Å². The number of hydrogen-bond donors (Lipinski definition) is 1. The van der Waals surface area contributed by atoms with E-state index in [1.807, 2.05) is 0 Å². The molecule has 0 aliphatic carbocycles. The number of alkyl halides is 3.